The largest absolute Gasteiger partial charge is 0.497 e. The molecule has 0 saturated carbocycles. The van der Waals surface area contributed by atoms with Gasteiger partial charge in [-0.25, -0.2) is 4.68 Å². The predicted octanol–water partition coefficient (Wildman–Crippen LogP) is 3.27. The molecule has 0 spiro atoms. The zero-order chi connectivity index (χ0) is 24.5. The molecule has 1 atom stereocenters. The van der Waals surface area contributed by atoms with E-state index >= 15 is 0 Å². The van der Waals surface area contributed by atoms with Gasteiger partial charge in [0.1, 0.15) is 11.8 Å². The van der Waals surface area contributed by atoms with Gasteiger partial charge in [-0.15, -0.1) is 5.10 Å². The second kappa shape index (κ2) is 9.62. The van der Waals surface area contributed by atoms with Crippen molar-refractivity contribution in [2.24, 2.45) is 0 Å². The summed E-state index contributed by atoms with van der Waals surface area (Å²) >= 11 is 0. The molecule has 0 aliphatic carbocycles. The molecule has 4 aromatic rings. The minimum atomic E-state index is -0.380. The average Bonchev–Trinajstić information content (AvgIpc) is 3.45. The first kappa shape index (κ1) is 22.5. The van der Waals surface area contributed by atoms with Crippen molar-refractivity contribution in [2.75, 3.05) is 27.0 Å². The number of methoxy groups -OCH3 is 1. The lowest BCUT2D eigenvalue weighted by Crippen LogP contribution is -2.36. The van der Waals surface area contributed by atoms with Crippen molar-refractivity contribution in [2.45, 2.75) is 38.3 Å². The van der Waals surface area contributed by atoms with Crippen LogP contribution in [0.3, 0.4) is 0 Å². The summed E-state index contributed by atoms with van der Waals surface area (Å²) in [4.78, 5) is 18.9. The maximum atomic E-state index is 13.5. The molecular weight excluding hydrogens is 460 g/mol. The molecule has 2 aromatic heterocycles. The average molecular weight is 489 g/mol. The van der Waals surface area contributed by atoms with Crippen LogP contribution in [-0.2, 0) is 6.54 Å². The summed E-state index contributed by atoms with van der Waals surface area (Å²) in [6.07, 6.45) is 4.50. The number of rotatable bonds is 6. The molecule has 10 heteroatoms. The highest BCUT2D eigenvalue weighted by molar-refractivity contribution is 5.83. The van der Waals surface area contributed by atoms with Gasteiger partial charge in [0.25, 0.3) is 5.56 Å². The Morgan fingerprint density at radius 2 is 1.78 bits per heavy atom. The summed E-state index contributed by atoms with van der Waals surface area (Å²) in [6.45, 7) is 2.41. The van der Waals surface area contributed by atoms with Gasteiger partial charge >= 0.3 is 0 Å². The number of aromatic amines is 1. The second-order valence-corrected chi connectivity index (χ2v) is 9.24. The number of hydrogen-bond acceptors (Lipinski definition) is 8. The van der Waals surface area contributed by atoms with Crippen LogP contribution in [0.15, 0.2) is 47.3 Å². The normalized spacial score (nSPS) is 16.7. The van der Waals surface area contributed by atoms with Crippen LogP contribution in [-0.4, -0.2) is 57.1 Å². The standard InChI is InChI=1S/C26H28N6O4/c1-34-19-8-6-17(7-9-19)15-32-25(28-29-30-32)24(31-10-4-2-3-5-11-31)20-12-18-13-22-23(36-16-35-22)14-21(18)27-26(20)33/h6-9,12-14,24H,2-5,10-11,15-16H2,1H3,(H,27,33)/t24-/m0/s1. The van der Waals surface area contributed by atoms with E-state index < -0.39 is 0 Å². The van der Waals surface area contributed by atoms with Crippen LogP contribution in [0.5, 0.6) is 17.2 Å². The van der Waals surface area contributed by atoms with Gasteiger partial charge in [0.2, 0.25) is 6.79 Å². The zero-order valence-electron chi connectivity index (χ0n) is 20.1. The number of H-pyrrole nitrogens is 1. The lowest BCUT2D eigenvalue weighted by Gasteiger charge is -2.29. The van der Waals surface area contributed by atoms with Crippen LogP contribution in [0.4, 0.5) is 0 Å². The quantitative estimate of drug-likeness (QED) is 0.441. The van der Waals surface area contributed by atoms with E-state index in [1.54, 1.807) is 11.8 Å². The first-order chi connectivity index (χ1) is 17.7. The molecule has 6 rings (SSSR count). The molecule has 1 saturated heterocycles. The maximum absolute atomic E-state index is 13.5. The molecule has 0 unspecified atom stereocenters. The second-order valence-electron chi connectivity index (χ2n) is 9.24. The summed E-state index contributed by atoms with van der Waals surface area (Å²) in [7, 11) is 1.65. The molecule has 10 nitrogen and oxygen atoms in total. The number of fused-ring (bicyclic) bond motifs is 2. The van der Waals surface area contributed by atoms with E-state index in [1.807, 2.05) is 42.5 Å². The van der Waals surface area contributed by atoms with E-state index in [-0.39, 0.29) is 18.4 Å². The molecule has 36 heavy (non-hydrogen) atoms. The summed E-state index contributed by atoms with van der Waals surface area (Å²) in [5.74, 6) is 2.76. The minimum absolute atomic E-state index is 0.158. The fourth-order valence-electron chi connectivity index (χ4n) is 5.09. The Balaban J connectivity index is 1.44. The number of ether oxygens (including phenoxy) is 3. The van der Waals surface area contributed by atoms with Crippen molar-refractivity contribution in [1.82, 2.24) is 30.1 Å². The molecule has 4 heterocycles. The van der Waals surface area contributed by atoms with Crippen LogP contribution in [0.25, 0.3) is 10.9 Å². The van der Waals surface area contributed by atoms with Gasteiger partial charge in [0, 0.05) is 17.0 Å². The minimum Gasteiger partial charge on any atom is -0.497 e. The monoisotopic (exact) mass is 488 g/mol. The Bertz CT molecular complexity index is 1420. The summed E-state index contributed by atoms with van der Waals surface area (Å²) in [6, 6.07) is 13.1. The molecule has 0 amide bonds. The van der Waals surface area contributed by atoms with Crippen LogP contribution in [0.1, 0.15) is 48.7 Å². The molecular formula is C26H28N6O4. The number of hydrogen-bond donors (Lipinski definition) is 1. The van der Waals surface area contributed by atoms with Gasteiger partial charge in [-0.1, -0.05) is 25.0 Å². The summed E-state index contributed by atoms with van der Waals surface area (Å²) < 4.78 is 18.1. The Labute approximate surface area is 207 Å². The highest BCUT2D eigenvalue weighted by Gasteiger charge is 2.31. The van der Waals surface area contributed by atoms with Gasteiger partial charge in [-0.05, 0) is 66.2 Å². The fourth-order valence-corrected chi connectivity index (χ4v) is 5.09. The highest BCUT2D eigenvalue weighted by Crippen LogP contribution is 2.36. The molecule has 0 radical (unpaired) electrons. The van der Waals surface area contributed by atoms with E-state index in [4.69, 9.17) is 14.2 Å². The predicted molar refractivity (Wildman–Crippen MR) is 132 cm³/mol. The molecule has 2 aliphatic heterocycles. The number of nitrogens with one attached hydrogen (secondary N) is 1. The van der Waals surface area contributed by atoms with Crippen molar-refractivity contribution >= 4 is 10.9 Å². The Morgan fingerprint density at radius 3 is 2.53 bits per heavy atom. The van der Waals surface area contributed by atoms with Crippen LogP contribution in [0, 0.1) is 0 Å². The third-order valence-corrected chi connectivity index (χ3v) is 6.96. The van der Waals surface area contributed by atoms with Crippen molar-refractivity contribution in [3.63, 3.8) is 0 Å². The molecule has 2 aliphatic rings. The van der Waals surface area contributed by atoms with Crippen molar-refractivity contribution < 1.29 is 14.2 Å². The van der Waals surface area contributed by atoms with Crippen molar-refractivity contribution in [3.8, 4) is 17.2 Å². The lowest BCUT2D eigenvalue weighted by molar-refractivity contribution is 0.174. The van der Waals surface area contributed by atoms with Crippen LogP contribution >= 0.6 is 0 Å². The lowest BCUT2D eigenvalue weighted by atomic mass is 10.0. The number of likely N-dealkylation sites (tertiary alicyclic amines) is 1. The van der Waals surface area contributed by atoms with Crippen molar-refractivity contribution in [1.29, 1.82) is 0 Å². The number of pyridine rings is 1. The van der Waals surface area contributed by atoms with E-state index in [1.165, 1.54) is 12.8 Å². The molecule has 186 valence electrons. The van der Waals surface area contributed by atoms with Gasteiger partial charge in [0.05, 0.1) is 19.2 Å². The maximum Gasteiger partial charge on any atom is 0.253 e. The smallest absolute Gasteiger partial charge is 0.253 e. The number of tetrazole rings is 1. The summed E-state index contributed by atoms with van der Waals surface area (Å²) in [5.41, 5.74) is 2.21. The van der Waals surface area contributed by atoms with Crippen molar-refractivity contribution in [3.05, 3.63) is 69.8 Å². The SMILES string of the molecule is COc1ccc(Cn2nnnc2[C@H](c2cc3cc4c(cc3[nH]c2=O)OCO4)N2CCCCCC2)cc1. The number of nitrogens with zero attached hydrogens (tertiary/aromatic N) is 5. The molecule has 1 fully saturated rings. The Kier molecular flexibility index (Phi) is 6.02. The highest BCUT2D eigenvalue weighted by atomic mass is 16.7. The van der Waals surface area contributed by atoms with E-state index in [0.29, 0.717) is 34.9 Å². The van der Waals surface area contributed by atoms with Gasteiger partial charge in [-0.3, -0.25) is 9.69 Å². The van der Waals surface area contributed by atoms with Gasteiger partial charge < -0.3 is 19.2 Å². The van der Waals surface area contributed by atoms with Crippen LogP contribution < -0.4 is 19.8 Å². The third kappa shape index (κ3) is 4.28. The third-order valence-electron chi connectivity index (χ3n) is 6.96. The molecule has 2 aromatic carbocycles. The summed E-state index contributed by atoms with van der Waals surface area (Å²) in [5, 5.41) is 13.6. The topological polar surface area (TPSA) is 107 Å². The molecule has 1 N–H and O–H groups in total. The van der Waals surface area contributed by atoms with E-state index in [2.05, 4.69) is 25.4 Å². The van der Waals surface area contributed by atoms with Crippen LogP contribution in [0.2, 0.25) is 0 Å². The molecule has 0 bridgehead atoms. The first-order valence-corrected chi connectivity index (χ1v) is 12.3. The van der Waals surface area contributed by atoms with E-state index in [9.17, 15) is 4.79 Å². The number of aromatic nitrogens is 5. The fraction of sp³-hybridized carbons (Fsp3) is 0.385. The first-order valence-electron chi connectivity index (χ1n) is 12.3. The van der Waals surface area contributed by atoms with E-state index in [0.717, 1.165) is 42.6 Å². The van der Waals surface area contributed by atoms with Gasteiger partial charge in [-0.2, -0.15) is 0 Å². The number of benzene rings is 2. The zero-order valence-corrected chi connectivity index (χ0v) is 20.1. The Hall–Kier alpha value is -3.92. The Morgan fingerprint density at radius 1 is 1.03 bits per heavy atom. The van der Waals surface area contributed by atoms with Gasteiger partial charge in [0.15, 0.2) is 17.3 Å².